The van der Waals surface area contributed by atoms with Gasteiger partial charge in [-0.3, -0.25) is 9.78 Å². The summed E-state index contributed by atoms with van der Waals surface area (Å²) in [7, 11) is 0. The first-order chi connectivity index (χ1) is 8.66. The Morgan fingerprint density at radius 2 is 2.33 bits per heavy atom. The third-order valence-electron chi connectivity index (χ3n) is 2.17. The molecule has 0 aliphatic rings. The van der Waals surface area contributed by atoms with Crippen molar-refractivity contribution in [3.05, 3.63) is 52.7 Å². The number of hydrazone groups is 1. The molecule has 0 saturated heterocycles. The van der Waals surface area contributed by atoms with E-state index in [2.05, 4.69) is 31.4 Å². The SMILES string of the molecule is C/C(=N/NC(=O)c1cncc(Br)c1)c1ccco1. The topological polar surface area (TPSA) is 67.5 Å². The van der Waals surface area contributed by atoms with E-state index >= 15 is 0 Å². The van der Waals surface area contributed by atoms with Crippen molar-refractivity contribution >= 4 is 27.5 Å². The van der Waals surface area contributed by atoms with Crippen molar-refractivity contribution in [2.24, 2.45) is 5.10 Å². The highest BCUT2D eigenvalue weighted by Crippen LogP contribution is 2.09. The second-order valence-electron chi connectivity index (χ2n) is 3.51. The Hall–Kier alpha value is -1.95. The number of nitrogens with zero attached hydrogens (tertiary/aromatic N) is 2. The van der Waals surface area contributed by atoms with Gasteiger partial charge in [-0.05, 0) is 41.1 Å². The molecule has 0 aromatic carbocycles. The van der Waals surface area contributed by atoms with Gasteiger partial charge in [0.25, 0.3) is 5.91 Å². The van der Waals surface area contributed by atoms with Crippen LogP contribution in [-0.4, -0.2) is 16.6 Å². The van der Waals surface area contributed by atoms with Gasteiger partial charge in [0, 0.05) is 16.9 Å². The molecule has 2 rings (SSSR count). The molecule has 0 radical (unpaired) electrons. The number of amides is 1. The standard InChI is InChI=1S/C12H10BrN3O2/c1-8(11-3-2-4-18-11)15-16-12(17)9-5-10(13)7-14-6-9/h2-7H,1H3,(H,16,17)/b15-8-. The number of hydrogen-bond donors (Lipinski definition) is 1. The molecule has 0 saturated carbocycles. The molecule has 0 atom stereocenters. The second-order valence-corrected chi connectivity index (χ2v) is 4.42. The molecule has 0 aliphatic heterocycles. The van der Waals surface area contributed by atoms with Crippen LogP contribution in [0.3, 0.4) is 0 Å². The molecular formula is C12H10BrN3O2. The van der Waals surface area contributed by atoms with Gasteiger partial charge in [0.2, 0.25) is 0 Å². The van der Waals surface area contributed by atoms with Gasteiger partial charge in [0.05, 0.1) is 11.8 Å². The molecule has 2 heterocycles. The van der Waals surface area contributed by atoms with E-state index in [-0.39, 0.29) is 5.91 Å². The van der Waals surface area contributed by atoms with Crippen LogP contribution in [0.5, 0.6) is 0 Å². The van der Waals surface area contributed by atoms with E-state index in [4.69, 9.17) is 4.42 Å². The zero-order chi connectivity index (χ0) is 13.0. The molecule has 0 unspecified atom stereocenters. The fourth-order valence-electron chi connectivity index (χ4n) is 1.27. The Balaban J connectivity index is 2.07. The molecule has 18 heavy (non-hydrogen) atoms. The monoisotopic (exact) mass is 307 g/mol. The smallest absolute Gasteiger partial charge is 0.272 e. The van der Waals surface area contributed by atoms with Gasteiger partial charge in [-0.2, -0.15) is 5.10 Å². The first-order valence-electron chi connectivity index (χ1n) is 5.16. The number of nitrogens with one attached hydrogen (secondary N) is 1. The quantitative estimate of drug-likeness (QED) is 0.700. The van der Waals surface area contributed by atoms with Gasteiger partial charge < -0.3 is 4.42 Å². The maximum absolute atomic E-state index is 11.8. The van der Waals surface area contributed by atoms with Crippen molar-refractivity contribution in [1.29, 1.82) is 0 Å². The van der Waals surface area contributed by atoms with Crippen LogP contribution < -0.4 is 5.43 Å². The molecule has 6 heteroatoms. The summed E-state index contributed by atoms with van der Waals surface area (Å²) in [5.41, 5.74) is 3.47. The fraction of sp³-hybridized carbons (Fsp3) is 0.0833. The maximum atomic E-state index is 11.8. The summed E-state index contributed by atoms with van der Waals surface area (Å²) >= 11 is 3.25. The van der Waals surface area contributed by atoms with Gasteiger partial charge in [0.1, 0.15) is 11.5 Å². The van der Waals surface area contributed by atoms with Crippen LogP contribution in [0, 0.1) is 0 Å². The van der Waals surface area contributed by atoms with Crippen LogP contribution in [-0.2, 0) is 0 Å². The van der Waals surface area contributed by atoms with Crippen LogP contribution in [0.2, 0.25) is 0 Å². The van der Waals surface area contributed by atoms with Crippen molar-refractivity contribution in [3.8, 4) is 0 Å². The van der Waals surface area contributed by atoms with Gasteiger partial charge in [-0.15, -0.1) is 0 Å². The number of rotatable bonds is 3. The predicted molar refractivity (Wildman–Crippen MR) is 70.3 cm³/mol. The van der Waals surface area contributed by atoms with Crippen molar-refractivity contribution in [3.63, 3.8) is 0 Å². The number of aromatic nitrogens is 1. The van der Waals surface area contributed by atoms with E-state index in [1.54, 1.807) is 37.6 Å². The highest BCUT2D eigenvalue weighted by molar-refractivity contribution is 9.10. The van der Waals surface area contributed by atoms with E-state index in [9.17, 15) is 4.79 Å². The molecule has 0 bridgehead atoms. The summed E-state index contributed by atoms with van der Waals surface area (Å²) in [4.78, 5) is 15.7. The number of pyridine rings is 1. The molecule has 0 aliphatic carbocycles. The zero-order valence-corrected chi connectivity index (χ0v) is 11.1. The molecule has 2 aromatic rings. The van der Waals surface area contributed by atoms with Crippen molar-refractivity contribution < 1.29 is 9.21 Å². The Morgan fingerprint density at radius 3 is 3.00 bits per heavy atom. The first kappa shape index (κ1) is 12.5. The zero-order valence-electron chi connectivity index (χ0n) is 9.55. The maximum Gasteiger partial charge on any atom is 0.272 e. The average molecular weight is 308 g/mol. The predicted octanol–water partition coefficient (Wildman–Crippen LogP) is 2.59. The minimum atomic E-state index is -0.324. The van der Waals surface area contributed by atoms with Crippen LogP contribution in [0.4, 0.5) is 0 Å². The normalized spacial score (nSPS) is 11.3. The Labute approximate surface area is 112 Å². The second kappa shape index (κ2) is 5.59. The molecule has 0 fully saturated rings. The Bertz CT molecular complexity index is 579. The largest absolute Gasteiger partial charge is 0.463 e. The number of carbonyl (C=O) groups is 1. The summed E-state index contributed by atoms with van der Waals surface area (Å²) in [5, 5.41) is 3.95. The minimum absolute atomic E-state index is 0.324. The average Bonchev–Trinajstić information content (AvgIpc) is 2.89. The highest BCUT2D eigenvalue weighted by Gasteiger charge is 2.06. The first-order valence-corrected chi connectivity index (χ1v) is 5.95. The third kappa shape index (κ3) is 3.04. The van der Waals surface area contributed by atoms with Crippen LogP contribution in [0.15, 0.2) is 50.8 Å². The van der Waals surface area contributed by atoms with Crippen LogP contribution >= 0.6 is 15.9 Å². The fourth-order valence-corrected chi connectivity index (χ4v) is 1.64. The van der Waals surface area contributed by atoms with Crippen LogP contribution in [0.25, 0.3) is 0 Å². The summed E-state index contributed by atoms with van der Waals surface area (Å²) in [5.74, 6) is 0.289. The Kier molecular flexibility index (Phi) is 3.88. The van der Waals surface area contributed by atoms with Crippen molar-refractivity contribution in [1.82, 2.24) is 10.4 Å². The molecule has 5 nitrogen and oxygen atoms in total. The lowest BCUT2D eigenvalue weighted by atomic mass is 10.3. The van der Waals surface area contributed by atoms with Crippen molar-refractivity contribution in [2.45, 2.75) is 6.92 Å². The van der Waals surface area contributed by atoms with Crippen molar-refractivity contribution in [2.75, 3.05) is 0 Å². The van der Waals surface area contributed by atoms with Gasteiger partial charge >= 0.3 is 0 Å². The lowest BCUT2D eigenvalue weighted by molar-refractivity contribution is 0.0954. The Morgan fingerprint density at radius 1 is 1.50 bits per heavy atom. The third-order valence-corrected chi connectivity index (χ3v) is 2.60. The summed E-state index contributed by atoms with van der Waals surface area (Å²) in [6, 6.07) is 5.19. The summed E-state index contributed by atoms with van der Waals surface area (Å²) in [6.45, 7) is 1.75. The molecular weight excluding hydrogens is 298 g/mol. The van der Waals surface area contributed by atoms with E-state index in [0.29, 0.717) is 17.0 Å². The van der Waals surface area contributed by atoms with E-state index in [0.717, 1.165) is 4.47 Å². The summed E-state index contributed by atoms with van der Waals surface area (Å²) < 4.78 is 5.89. The molecule has 2 aromatic heterocycles. The van der Waals surface area contributed by atoms with Gasteiger partial charge in [0.15, 0.2) is 0 Å². The molecule has 0 spiro atoms. The van der Waals surface area contributed by atoms with E-state index in [1.807, 2.05) is 0 Å². The number of furan rings is 1. The van der Waals surface area contributed by atoms with Gasteiger partial charge in [-0.25, -0.2) is 5.43 Å². The van der Waals surface area contributed by atoms with Crippen LogP contribution in [0.1, 0.15) is 23.0 Å². The highest BCUT2D eigenvalue weighted by atomic mass is 79.9. The molecule has 1 amide bonds. The lowest BCUT2D eigenvalue weighted by Gasteiger charge is -2.01. The number of hydrogen-bond acceptors (Lipinski definition) is 4. The van der Waals surface area contributed by atoms with E-state index in [1.165, 1.54) is 6.20 Å². The number of carbonyl (C=O) groups excluding carboxylic acids is 1. The lowest BCUT2D eigenvalue weighted by Crippen LogP contribution is -2.19. The summed E-state index contributed by atoms with van der Waals surface area (Å²) in [6.07, 6.45) is 4.63. The minimum Gasteiger partial charge on any atom is -0.463 e. The molecule has 1 N–H and O–H groups in total. The van der Waals surface area contributed by atoms with E-state index < -0.39 is 0 Å². The molecule has 92 valence electrons. The van der Waals surface area contributed by atoms with Gasteiger partial charge in [-0.1, -0.05) is 0 Å². The number of halogens is 1.